The van der Waals surface area contributed by atoms with E-state index < -0.39 is 11.8 Å². The van der Waals surface area contributed by atoms with Crippen LogP contribution >= 0.6 is 0 Å². The molecule has 1 fully saturated rings. The topological polar surface area (TPSA) is 59.2 Å². The Balaban J connectivity index is 2.04. The maximum absolute atomic E-state index is 13.5. The molecular weight excluding hydrogens is 288 g/mol. The average Bonchev–Trinajstić information content (AvgIpc) is 2.66. The summed E-state index contributed by atoms with van der Waals surface area (Å²) in [6, 6.07) is 7.07. The maximum atomic E-state index is 13.5. The summed E-state index contributed by atoms with van der Waals surface area (Å²) >= 11 is 0. The predicted molar refractivity (Wildman–Crippen MR) is 81.3 cm³/mol. The summed E-state index contributed by atoms with van der Waals surface area (Å²) in [5.74, 6) is -3.20. The number of aromatic nitrogens is 1. The van der Waals surface area contributed by atoms with Gasteiger partial charge in [0.05, 0.1) is 16.8 Å². The molecule has 1 amide bonds. The van der Waals surface area contributed by atoms with Crippen molar-refractivity contribution in [1.82, 2.24) is 4.98 Å². The standard InChI is InChI=1S/C16H17F2N3O/c17-16(18)4-2-7-21(8-5-16)14-10-13-11(3-1-6-20-13)9-12(14)15(19)22/h1,3,6,9-10H,2,4-5,7-8H2,(H2,19,22). The molecule has 22 heavy (non-hydrogen) atoms. The Kier molecular flexibility index (Phi) is 3.68. The van der Waals surface area contributed by atoms with Gasteiger partial charge in [-0.05, 0) is 24.6 Å². The van der Waals surface area contributed by atoms with Gasteiger partial charge in [0, 0.05) is 37.5 Å². The summed E-state index contributed by atoms with van der Waals surface area (Å²) in [6.07, 6.45) is 1.70. The Morgan fingerprint density at radius 1 is 1.27 bits per heavy atom. The van der Waals surface area contributed by atoms with Gasteiger partial charge in [0.15, 0.2) is 0 Å². The van der Waals surface area contributed by atoms with Crippen molar-refractivity contribution in [1.29, 1.82) is 0 Å². The molecule has 1 aliphatic heterocycles. The molecule has 116 valence electrons. The molecule has 1 aromatic carbocycles. The van der Waals surface area contributed by atoms with Crippen molar-refractivity contribution in [2.45, 2.75) is 25.2 Å². The molecule has 0 saturated carbocycles. The summed E-state index contributed by atoms with van der Waals surface area (Å²) in [5, 5.41) is 0.806. The van der Waals surface area contributed by atoms with E-state index in [-0.39, 0.29) is 19.4 Å². The molecule has 2 aromatic rings. The Morgan fingerprint density at radius 2 is 2.09 bits per heavy atom. The Labute approximate surface area is 126 Å². The van der Waals surface area contributed by atoms with Crippen LogP contribution in [-0.4, -0.2) is 29.9 Å². The molecule has 3 rings (SSSR count). The van der Waals surface area contributed by atoms with E-state index in [1.807, 2.05) is 11.0 Å². The minimum absolute atomic E-state index is 0.124. The molecule has 0 bridgehead atoms. The van der Waals surface area contributed by atoms with Gasteiger partial charge >= 0.3 is 0 Å². The van der Waals surface area contributed by atoms with Crippen molar-refractivity contribution in [2.75, 3.05) is 18.0 Å². The van der Waals surface area contributed by atoms with Crippen LogP contribution in [0.3, 0.4) is 0 Å². The normalized spacial score (nSPS) is 18.2. The predicted octanol–water partition coefficient (Wildman–Crippen LogP) is 2.96. The third kappa shape index (κ3) is 2.86. The van der Waals surface area contributed by atoms with E-state index in [4.69, 9.17) is 5.73 Å². The lowest BCUT2D eigenvalue weighted by Crippen LogP contribution is -2.28. The number of halogens is 2. The minimum atomic E-state index is -2.64. The van der Waals surface area contributed by atoms with Gasteiger partial charge in [-0.3, -0.25) is 9.78 Å². The Hall–Kier alpha value is -2.24. The van der Waals surface area contributed by atoms with Gasteiger partial charge in [-0.25, -0.2) is 8.78 Å². The number of hydrogen-bond donors (Lipinski definition) is 1. The monoisotopic (exact) mass is 305 g/mol. The molecule has 2 N–H and O–H groups in total. The summed E-state index contributed by atoms with van der Waals surface area (Å²) in [4.78, 5) is 17.8. The number of fused-ring (bicyclic) bond motifs is 1. The highest BCUT2D eigenvalue weighted by Crippen LogP contribution is 2.32. The number of anilines is 1. The lowest BCUT2D eigenvalue weighted by Gasteiger charge is -2.25. The number of carbonyl (C=O) groups excluding carboxylic acids is 1. The number of hydrogen-bond acceptors (Lipinski definition) is 3. The quantitative estimate of drug-likeness (QED) is 0.928. The molecule has 1 aliphatic rings. The van der Waals surface area contributed by atoms with Gasteiger partial charge in [-0.2, -0.15) is 0 Å². The second kappa shape index (κ2) is 5.51. The van der Waals surface area contributed by atoms with Gasteiger partial charge < -0.3 is 10.6 Å². The molecule has 6 heteroatoms. The summed E-state index contributed by atoms with van der Waals surface area (Å²) in [6.45, 7) is 0.680. The summed E-state index contributed by atoms with van der Waals surface area (Å²) in [7, 11) is 0. The minimum Gasteiger partial charge on any atom is -0.371 e. The second-order valence-electron chi connectivity index (χ2n) is 5.63. The molecule has 0 unspecified atom stereocenters. The van der Waals surface area contributed by atoms with Crippen LogP contribution in [0, 0.1) is 0 Å². The van der Waals surface area contributed by atoms with E-state index >= 15 is 0 Å². The Morgan fingerprint density at radius 3 is 2.86 bits per heavy atom. The molecule has 4 nitrogen and oxygen atoms in total. The van der Waals surface area contributed by atoms with E-state index in [2.05, 4.69) is 4.98 Å². The number of primary amides is 1. The first-order chi connectivity index (χ1) is 10.5. The number of nitrogens with zero attached hydrogens (tertiary/aromatic N) is 2. The van der Waals surface area contributed by atoms with Crippen LogP contribution in [0.5, 0.6) is 0 Å². The fourth-order valence-corrected chi connectivity index (χ4v) is 2.87. The molecule has 1 aromatic heterocycles. The molecule has 0 radical (unpaired) electrons. The molecular formula is C16H17F2N3O. The Bertz CT molecular complexity index is 718. The number of amides is 1. The number of nitrogens with two attached hydrogens (primary N) is 1. The zero-order chi connectivity index (χ0) is 15.7. The van der Waals surface area contributed by atoms with Gasteiger partial charge in [0.25, 0.3) is 5.91 Å². The van der Waals surface area contributed by atoms with Gasteiger partial charge in [-0.1, -0.05) is 6.07 Å². The van der Waals surface area contributed by atoms with Crippen molar-refractivity contribution in [2.24, 2.45) is 5.73 Å². The zero-order valence-electron chi connectivity index (χ0n) is 12.1. The summed E-state index contributed by atoms with van der Waals surface area (Å²) in [5.41, 5.74) is 7.14. The van der Waals surface area contributed by atoms with Crippen LogP contribution in [0.25, 0.3) is 10.9 Å². The van der Waals surface area contributed by atoms with Crippen molar-refractivity contribution in [3.8, 4) is 0 Å². The fraction of sp³-hybridized carbons (Fsp3) is 0.375. The van der Waals surface area contributed by atoms with Crippen molar-refractivity contribution >= 4 is 22.5 Å². The maximum Gasteiger partial charge on any atom is 0.250 e. The van der Waals surface area contributed by atoms with Crippen molar-refractivity contribution in [3.05, 3.63) is 36.0 Å². The number of benzene rings is 1. The van der Waals surface area contributed by atoms with Crippen LogP contribution in [0.1, 0.15) is 29.6 Å². The average molecular weight is 305 g/mol. The second-order valence-corrected chi connectivity index (χ2v) is 5.63. The van der Waals surface area contributed by atoms with Gasteiger partial charge in [0.2, 0.25) is 5.92 Å². The van der Waals surface area contributed by atoms with Crippen LogP contribution < -0.4 is 10.6 Å². The highest BCUT2D eigenvalue weighted by molar-refractivity contribution is 6.03. The highest BCUT2D eigenvalue weighted by atomic mass is 19.3. The fourth-order valence-electron chi connectivity index (χ4n) is 2.87. The lowest BCUT2D eigenvalue weighted by atomic mass is 10.1. The zero-order valence-corrected chi connectivity index (χ0v) is 12.1. The first kappa shape index (κ1) is 14.7. The van der Waals surface area contributed by atoms with E-state index in [1.54, 1.807) is 24.4 Å². The highest BCUT2D eigenvalue weighted by Gasteiger charge is 2.32. The van der Waals surface area contributed by atoms with E-state index in [0.717, 1.165) is 10.9 Å². The van der Waals surface area contributed by atoms with Crippen LogP contribution in [-0.2, 0) is 0 Å². The third-order valence-corrected chi connectivity index (χ3v) is 4.04. The van der Waals surface area contributed by atoms with Crippen molar-refractivity contribution in [3.63, 3.8) is 0 Å². The molecule has 2 heterocycles. The molecule has 1 saturated heterocycles. The van der Waals surface area contributed by atoms with Crippen LogP contribution in [0.4, 0.5) is 14.5 Å². The smallest absolute Gasteiger partial charge is 0.250 e. The first-order valence-corrected chi connectivity index (χ1v) is 7.28. The lowest BCUT2D eigenvalue weighted by molar-refractivity contribution is -0.0102. The largest absolute Gasteiger partial charge is 0.371 e. The number of pyridine rings is 1. The van der Waals surface area contributed by atoms with E-state index in [9.17, 15) is 13.6 Å². The number of alkyl halides is 2. The SMILES string of the molecule is NC(=O)c1cc2cccnc2cc1N1CCCC(F)(F)CC1. The molecule has 0 spiro atoms. The van der Waals surface area contributed by atoms with Crippen molar-refractivity contribution < 1.29 is 13.6 Å². The van der Waals surface area contributed by atoms with Crippen LogP contribution in [0.2, 0.25) is 0 Å². The summed E-state index contributed by atoms with van der Waals surface area (Å²) < 4.78 is 27.1. The molecule has 0 aliphatic carbocycles. The van der Waals surface area contributed by atoms with Gasteiger partial charge in [0.1, 0.15) is 0 Å². The number of carbonyl (C=O) groups is 1. The van der Waals surface area contributed by atoms with E-state index in [0.29, 0.717) is 24.2 Å². The van der Waals surface area contributed by atoms with Gasteiger partial charge in [-0.15, -0.1) is 0 Å². The number of rotatable bonds is 2. The third-order valence-electron chi connectivity index (χ3n) is 4.04. The first-order valence-electron chi connectivity index (χ1n) is 7.28. The molecule has 0 atom stereocenters. The van der Waals surface area contributed by atoms with Crippen LogP contribution in [0.15, 0.2) is 30.5 Å². The van der Waals surface area contributed by atoms with E-state index in [1.165, 1.54) is 0 Å².